The Balaban J connectivity index is 2.46. The van der Waals surface area contributed by atoms with Crippen molar-refractivity contribution in [2.45, 2.75) is 20.8 Å². The van der Waals surface area contributed by atoms with E-state index in [0.29, 0.717) is 0 Å². The number of nitrogens with two attached hydrogens (primary N) is 1. The number of hydrogen-bond donors (Lipinski definition) is 1. The lowest BCUT2D eigenvalue weighted by atomic mass is 9.98. The molecule has 17 heavy (non-hydrogen) atoms. The number of hydrogen-bond acceptors (Lipinski definition) is 6. The SMILES string of the molecule is CC(C)(C)C(=O)OCOc1ncc(F)c(N)n1. The van der Waals surface area contributed by atoms with Gasteiger partial charge in [0.1, 0.15) is 0 Å². The molecule has 0 fully saturated rings. The molecule has 0 saturated carbocycles. The Morgan fingerprint density at radius 2 is 2.18 bits per heavy atom. The molecule has 1 aromatic heterocycles. The van der Waals surface area contributed by atoms with E-state index < -0.39 is 17.2 Å². The smallest absolute Gasteiger partial charge is 0.321 e. The fourth-order valence-corrected chi connectivity index (χ4v) is 0.785. The molecular weight excluding hydrogens is 229 g/mol. The van der Waals surface area contributed by atoms with Gasteiger partial charge < -0.3 is 15.2 Å². The number of nitrogens with zero attached hydrogens (tertiary/aromatic N) is 2. The third kappa shape index (κ3) is 3.86. The summed E-state index contributed by atoms with van der Waals surface area (Å²) in [6.07, 6.45) is 0.878. The third-order valence-electron chi connectivity index (χ3n) is 1.74. The molecule has 0 spiro atoms. The lowest BCUT2D eigenvalue weighted by Gasteiger charge is -2.16. The van der Waals surface area contributed by atoms with Gasteiger partial charge in [-0.15, -0.1) is 0 Å². The Labute approximate surface area is 98.0 Å². The van der Waals surface area contributed by atoms with Crippen molar-refractivity contribution in [2.24, 2.45) is 5.41 Å². The van der Waals surface area contributed by atoms with Gasteiger partial charge in [-0.2, -0.15) is 4.98 Å². The molecule has 0 atom stereocenters. The van der Waals surface area contributed by atoms with Crippen LogP contribution < -0.4 is 10.5 Å². The highest BCUT2D eigenvalue weighted by atomic mass is 19.1. The van der Waals surface area contributed by atoms with Crippen LogP contribution in [0.3, 0.4) is 0 Å². The van der Waals surface area contributed by atoms with Gasteiger partial charge in [0.2, 0.25) is 6.79 Å². The molecular formula is C10H14FN3O3. The Hall–Kier alpha value is -1.92. The molecule has 1 aromatic rings. The Morgan fingerprint density at radius 3 is 2.71 bits per heavy atom. The predicted molar refractivity (Wildman–Crippen MR) is 57.4 cm³/mol. The number of carbonyl (C=O) groups is 1. The minimum Gasteiger partial charge on any atom is -0.427 e. The summed E-state index contributed by atoms with van der Waals surface area (Å²) in [6, 6.07) is -0.148. The first-order valence-electron chi connectivity index (χ1n) is 4.89. The quantitative estimate of drug-likeness (QED) is 0.632. The maximum Gasteiger partial charge on any atom is 0.321 e. The van der Waals surface area contributed by atoms with Gasteiger partial charge in [0.15, 0.2) is 11.6 Å². The average molecular weight is 243 g/mol. The van der Waals surface area contributed by atoms with E-state index in [2.05, 4.69) is 9.97 Å². The number of anilines is 1. The molecule has 0 aliphatic rings. The number of nitrogen functional groups attached to an aromatic ring is 1. The molecule has 0 aliphatic heterocycles. The highest BCUT2D eigenvalue weighted by molar-refractivity contribution is 5.75. The van der Waals surface area contributed by atoms with E-state index in [0.717, 1.165) is 6.20 Å². The summed E-state index contributed by atoms with van der Waals surface area (Å²) in [5.74, 6) is -1.48. The van der Waals surface area contributed by atoms with Crippen molar-refractivity contribution in [3.8, 4) is 6.01 Å². The Bertz CT molecular complexity index is 418. The number of esters is 1. The number of ether oxygens (including phenoxy) is 2. The van der Waals surface area contributed by atoms with Crippen molar-refractivity contribution < 1.29 is 18.7 Å². The van der Waals surface area contributed by atoms with E-state index >= 15 is 0 Å². The van der Waals surface area contributed by atoms with Crippen molar-refractivity contribution in [2.75, 3.05) is 12.5 Å². The predicted octanol–water partition coefficient (Wildman–Crippen LogP) is 1.12. The van der Waals surface area contributed by atoms with Crippen molar-refractivity contribution in [3.05, 3.63) is 12.0 Å². The molecule has 0 aromatic carbocycles. The molecule has 0 aliphatic carbocycles. The average Bonchev–Trinajstić information content (AvgIpc) is 2.22. The first kappa shape index (κ1) is 13.1. The molecule has 1 heterocycles. The molecule has 6 nitrogen and oxygen atoms in total. The number of aromatic nitrogens is 2. The van der Waals surface area contributed by atoms with Gasteiger partial charge in [-0.3, -0.25) is 4.79 Å². The second kappa shape index (κ2) is 4.94. The number of carbonyl (C=O) groups excluding carboxylic acids is 1. The van der Waals surface area contributed by atoms with Gasteiger partial charge >= 0.3 is 12.0 Å². The summed E-state index contributed by atoms with van der Waals surface area (Å²) in [5.41, 5.74) is 4.59. The molecule has 0 unspecified atom stereocenters. The van der Waals surface area contributed by atoms with E-state index in [4.69, 9.17) is 15.2 Å². The van der Waals surface area contributed by atoms with E-state index in [1.165, 1.54) is 0 Å². The summed E-state index contributed by atoms with van der Waals surface area (Å²) in [5, 5.41) is 0. The van der Waals surface area contributed by atoms with Gasteiger partial charge in [-0.05, 0) is 20.8 Å². The van der Waals surface area contributed by atoms with E-state index in [1.807, 2.05) is 0 Å². The normalized spacial score (nSPS) is 11.1. The maximum atomic E-state index is 12.7. The lowest BCUT2D eigenvalue weighted by molar-refractivity contribution is -0.159. The molecule has 0 radical (unpaired) electrons. The zero-order chi connectivity index (χ0) is 13.1. The summed E-state index contributed by atoms with van der Waals surface area (Å²) in [4.78, 5) is 18.4. The van der Waals surface area contributed by atoms with Crippen molar-refractivity contribution in [1.82, 2.24) is 9.97 Å². The minimum atomic E-state index is -0.732. The zero-order valence-corrected chi connectivity index (χ0v) is 9.86. The third-order valence-corrected chi connectivity index (χ3v) is 1.74. The first-order chi connectivity index (χ1) is 7.80. The fraction of sp³-hybridized carbons (Fsp3) is 0.500. The molecule has 1 rings (SSSR count). The highest BCUT2D eigenvalue weighted by Gasteiger charge is 2.23. The van der Waals surface area contributed by atoms with Crippen LogP contribution in [-0.4, -0.2) is 22.7 Å². The summed E-state index contributed by atoms with van der Waals surface area (Å²) < 4.78 is 22.4. The molecule has 0 bridgehead atoms. The van der Waals surface area contributed by atoms with Crippen LogP contribution in [0.2, 0.25) is 0 Å². The second-order valence-electron chi connectivity index (χ2n) is 4.33. The van der Waals surface area contributed by atoms with Crippen LogP contribution in [0.25, 0.3) is 0 Å². The summed E-state index contributed by atoms with van der Waals surface area (Å²) in [7, 11) is 0. The topological polar surface area (TPSA) is 87.3 Å². The van der Waals surface area contributed by atoms with Crippen LogP contribution in [0, 0.1) is 11.2 Å². The minimum absolute atomic E-state index is 0.148. The van der Waals surface area contributed by atoms with Crippen LogP contribution in [0.15, 0.2) is 6.20 Å². The van der Waals surface area contributed by atoms with E-state index in [-0.39, 0.29) is 18.6 Å². The van der Waals surface area contributed by atoms with Gasteiger partial charge in [0.05, 0.1) is 11.6 Å². The molecule has 7 heteroatoms. The molecule has 0 saturated heterocycles. The van der Waals surface area contributed by atoms with E-state index in [1.54, 1.807) is 20.8 Å². The van der Waals surface area contributed by atoms with Crippen molar-refractivity contribution in [1.29, 1.82) is 0 Å². The Morgan fingerprint density at radius 1 is 1.53 bits per heavy atom. The van der Waals surface area contributed by atoms with Crippen LogP contribution in [0.4, 0.5) is 10.2 Å². The maximum absolute atomic E-state index is 12.7. The van der Waals surface area contributed by atoms with Gasteiger partial charge in [0.25, 0.3) is 0 Å². The first-order valence-corrected chi connectivity index (χ1v) is 4.89. The monoisotopic (exact) mass is 243 g/mol. The van der Waals surface area contributed by atoms with Crippen LogP contribution in [-0.2, 0) is 9.53 Å². The van der Waals surface area contributed by atoms with Gasteiger partial charge in [0, 0.05) is 0 Å². The lowest BCUT2D eigenvalue weighted by Crippen LogP contribution is -2.24. The molecule has 0 amide bonds. The van der Waals surface area contributed by atoms with Crippen molar-refractivity contribution >= 4 is 11.8 Å². The fourth-order valence-electron chi connectivity index (χ4n) is 0.785. The Kier molecular flexibility index (Phi) is 3.82. The summed E-state index contributed by atoms with van der Waals surface area (Å²) >= 11 is 0. The largest absolute Gasteiger partial charge is 0.427 e. The standard InChI is InChI=1S/C10H14FN3O3/c1-10(2,3)8(15)16-5-17-9-13-4-6(11)7(12)14-9/h4H,5H2,1-3H3,(H2,12,13,14). The van der Waals surface area contributed by atoms with Crippen LogP contribution in [0.1, 0.15) is 20.8 Å². The number of halogens is 1. The molecule has 94 valence electrons. The number of rotatable bonds is 3. The van der Waals surface area contributed by atoms with Gasteiger partial charge in [-0.25, -0.2) is 9.37 Å². The molecule has 2 N–H and O–H groups in total. The van der Waals surface area contributed by atoms with E-state index in [9.17, 15) is 9.18 Å². The zero-order valence-electron chi connectivity index (χ0n) is 9.86. The van der Waals surface area contributed by atoms with Crippen molar-refractivity contribution in [3.63, 3.8) is 0 Å². The van der Waals surface area contributed by atoms with Gasteiger partial charge in [-0.1, -0.05) is 0 Å². The summed E-state index contributed by atoms with van der Waals surface area (Å²) in [6.45, 7) is 4.78. The highest BCUT2D eigenvalue weighted by Crippen LogP contribution is 2.15. The second-order valence-corrected chi connectivity index (χ2v) is 4.33. The van der Waals surface area contributed by atoms with Crippen LogP contribution >= 0.6 is 0 Å². The van der Waals surface area contributed by atoms with Crippen LogP contribution in [0.5, 0.6) is 6.01 Å².